The molecule has 23 heavy (non-hydrogen) atoms. The number of aromatic amines is 1. The van der Waals surface area contributed by atoms with E-state index in [9.17, 15) is 14.4 Å². The van der Waals surface area contributed by atoms with Gasteiger partial charge in [0.2, 0.25) is 0 Å². The van der Waals surface area contributed by atoms with Gasteiger partial charge < -0.3 is 9.47 Å². The van der Waals surface area contributed by atoms with E-state index in [1.807, 2.05) is 0 Å². The lowest BCUT2D eigenvalue weighted by atomic mass is 9.76. The van der Waals surface area contributed by atoms with Crippen LogP contribution in [0, 0.1) is 0 Å². The van der Waals surface area contributed by atoms with Crippen LogP contribution in [0.1, 0.15) is 26.3 Å². The van der Waals surface area contributed by atoms with Gasteiger partial charge in [-0.3, -0.25) is 14.6 Å². The van der Waals surface area contributed by atoms with Gasteiger partial charge in [-0.15, -0.1) is 0 Å². The molecule has 1 aromatic heterocycles. The number of rotatable bonds is 4. The fourth-order valence-corrected chi connectivity index (χ4v) is 2.46. The molecule has 124 valence electrons. The number of esters is 2. The Hall–Kier alpha value is -2.71. The number of carbonyl (C=O) groups is 2. The summed E-state index contributed by atoms with van der Waals surface area (Å²) in [6, 6.07) is 0. The lowest BCUT2D eigenvalue weighted by molar-refractivity contribution is -0.148. The van der Waals surface area contributed by atoms with Gasteiger partial charge in [0.25, 0.3) is 5.56 Å². The molecule has 0 aliphatic carbocycles. The van der Waals surface area contributed by atoms with Crippen molar-refractivity contribution in [3.05, 3.63) is 22.1 Å². The molecule has 1 aliphatic heterocycles. The lowest BCUT2D eigenvalue weighted by Gasteiger charge is -2.34. The Morgan fingerprint density at radius 2 is 1.96 bits per heavy atom. The largest absolute Gasteiger partial charge is 0.465 e. The quantitative estimate of drug-likeness (QED) is 0.774. The van der Waals surface area contributed by atoms with E-state index in [0.29, 0.717) is 5.69 Å². The van der Waals surface area contributed by atoms with Crippen molar-refractivity contribution in [1.29, 1.82) is 0 Å². The molecule has 0 amide bonds. The first kappa shape index (κ1) is 16.7. The number of hydrogen-bond donors (Lipinski definition) is 1. The predicted molar refractivity (Wildman–Crippen MR) is 81.3 cm³/mol. The first-order valence-electron chi connectivity index (χ1n) is 7.13. The molecule has 1 aromatic rings. The fraction of sp³-hybridized carbons (Fsp3) is 0.500. The zero-order chi connectivity index (χ0) is 17.2. The zero-order valence-electron chi connectivity index (χ0n) is 13.4. The van der Waals surface area contributed by atoms with Gasteiger partial charge in [-0.25, -0.2) is 9.89 Å². The fourth-order valence-electron chi connectivity index (χ4n) is 2.46. The Morgan fingerprint density at radius 3 is 2.57 bits per heavy atom. The van der Waals surface area contributed by atoms with Crippen LogP contribution in [-0.4, -0.2) is 48.1 Å². The van der Waals surface area contributed by atoms with Gasteiger partial charge >= 0.3 is 11.9 Å². The van der Waals surface area contributed by atoms with Crippen molar-refractivity contribution in [3.8, 4) is 0 Å². The molecule has 0 bridgehead atoms. The summed E-state index contributed by atoms with van der Waals surface area (Å²) in [5, 5.41) is 11.4. The monoisotopic (exact) mass is 322 g/mol. The molecule has 0 spiro atoms. The highest BCUT2D eigenvalue weighted by Crippen LogP contribution is 2.36. The van der Waals surface area contributed by atoms with Crippen molar-refractivity contribution in [2.75, 3.05) is 25.3 Å². The number of anilines is 1. The number of hydrogen-bond acceptors (Lipinski definition) is 8. The summed E-state index contributed by atoms with van der Waals surface area (Å²) in [4.78, 5) is 37.1. The van der Waals surface area contributed by atoms with E-state index in [-0.39, 0.29) is 24.5 Å². The van der Waals surface area contributed by atoms with Crippen molar-refractivity contribution in [2.24, 2.45) is 5.10 Å². The molecule has 2 heterocycles. The van der Waals surface area contributed by atoms with Crippen molar-refractivity contribution in [3.63, 3.8) is 0 Å². The number of H-pyrrole nitrogens is 1. The van der Waals surface area contributed by atoms with Crippen molar-refractivity contribution < 1.29 is 19.1 Å². The van der Waals surface area contributed by atoms with Crippen LogP contribution in [0.15, 0.2) is 16.1 Å². The summed E-state index contributed by atoms with van der Waals surface area (Å²) in [6.45, 7) is 4.90. The van der Waals surface area contributed by atoms with Crippen LogP contribution in [0.25, 0.3) is 0 Å². The molecule has 0 radical (unpaired) electrons. The Morgan fingerprint density at radius 1 is 1.30 bits per heavy atom. The highest BCUT2D eigenvalue weighted by molar-refractivity contribution is 6.45. The van der Waals surface area contributed by atoms with Crippen molar-refractivity contribution in [1.82, 2.24) is 10.2 Å². The molecule has 9 heteroatoms. The van der Waals surface area contributed by atoms with E-state index in [1.165, 1.54) is 18.1 Å². The number of nitrogens with one attached hydrogen (secondary N) is 1. The average molecular weight is 322 g/mol. The van der Waals surface area contributed by atoms with Gasteiger partial charge in [-0.05, 0) is 20.8 Å². The third-order valence-electron chi connectivity index (χ3n) is 3.56. The summed E-state index contributed by atoms with van der Waals surface area (Å²) in [6.07, 6.45) is 1.36. The maximum Gasteiger partial charge on any atom is 0.356 e. The second-order valence-electron chi connectivity index (χ2n) is 5.00. The van der Waals surface area contributed by atoms with Gasteiger partial charge in [0.05, 0.1) is 30.7 Å². The Kier molecular flexibility index (Phi) is 4.48. The average Bonchev–Trinajstić information content (AvgIpc) is 2.51. The SMILES string of the molecule is CCOC(=O)C1=NN(C)c2cn[nH]c(=O)c2C1(C)C(=O)OCC. The molecule has 0 fully saturated rings. The third kappa shape index (κ3) is 2.58. The topological polar surface area (TPSA) is 114 Å². The molecule has 0 saturated carbocycles. The molecular formula is C14H18N4O5. The highest BCUT2D eigenvalue weighted by Gasteiger charge is 2.52. The second kappa shape index (κ2) is 6.19. The number of aromatic nitrogens is 2. The summed E-state index contributed by atoms with van der Waals surface area (Å²) < 4.78 is 10.0. The molecule has 1 atom stereocenters. The van der Waals surface area contributed by atoms with Crippen LogP contribution in [0.2, 0.25) is 0 Å². The molecule has 2 rings (SSSR count). The molecular weight excluding hydrogens is 304 g/mol. The molecule has 9 nitrogen and oxygen atoms in total. The highest BCUT2D eigenvalue weighted by atomic mass is 16.5. The normalized spacial score (nSPS) is 19.7. The number of carbonyl (C=O) groups excluding carboxylic acids is 2. The standard InChI is InChI=1S/C14H18N4O5/c1-5-22-12(20)10-14(3,13(21)23-6-2)9-8(18(4)17-10)7-15-16-11(9)19/h7H,5-6H2,1-4H3,(H,16,19). The maximum atomic E-state index is 12.6. The van der Waals surface area contributed by atoms with Crippen molar-refractivity contribution in [2.45, 2.75) is 26.2 Å². The van der Waals surface area contributed by atoms with Gasteiger partial charge in [-0.2, -0.15) is 10.2 Å². The zero-order valence-corrected chi connectivity index (χ0v) is 13.4. The molecule has 0 aromatic carbocycles. The minimum atomic E-state index is -1.68. The Labute approximate surface area is 132 Å². The van der Waals surface area contributed by atoms with Gasteiger partial charge in [0.15, 0.2) is 5.71 Å². The Bertz CT molecular complexity index is 726. The van der Waals surface area contributed by atoms with Crippen LogP contribution in [0.5, 0.6) is 0 Å². The first-order chi connectivity index (χ1) is 10.9. The van der Waals surface area contributed by atoms with E-state index in [1.54, 1.807) is 20.9 Å². The number of nitrogens with zero attached hydrogens (tertiary/aromatic N) is 3. The molecule has 1 N–H and O–H groups in total. The maximum absolute atomic E-state index is 12.6. The van der Waals surface area contributed by atoms with E-state index in [0.717, 1.165) is 0 Å². The van der Waals surface area contributed by atoms with Gasteiger partial charge in [0, 0.05) is 7.05 Å². The number of hydrazone groups is 1. The van der Waals surface area contributed by atoms with Crippen LogP contribution in [-0.2, 0) is 24.5 Å². The minimum Gasteiger partial charge on any atom is -0.465 e. The van der Waals surface area contributed by atoms with Crippen molar-refractivity contribution >= 4 is 23.3 Å². The predicted octanol–water partition coefficient (Wildman–Crippen LogP) is -0.0404. The summed E-state index contributed by atoms with van der Waals surface area (Å²) in [5.41, 5.74) is -2.12. The van der Waals surface area contributed by atoms with E-state index < -0.39 is 22.9 Å². The summed E-state index contributed by atoms with van der Waals surface area (Å²) in [5.74, 6) is -1.53. The van der Waals surface area contributed by atoms with Gasteiger partial charge in [0.1, 0.15) is 5.41 Å². The van der Waals surface area contributed by atoms with Crippen LogP contribution < -0.4 is 10.6 Å². The van der Waals surface area contributed by atoms with Crippen LogP contribution in [0.4, 0.5) is 5.69 Å². The first-order valence-corrected chi connectivity index (χ1v) is 7.13. The Balaban J connectivity index is 2.73. The number of fused-ring (bicyclic) bond motifs is 1. The van der Waals surface area contributed by atoms with E-state index in [4.69, 9.17) is 9.47 Å². The smallest absolute Gasteiger partial charge is 0.356 e. The third-order valence-corrected chi connectivity index (χ3v) is 3.56. The number of ether oxygens (including phenoxy) is 2. The molecule has 1 unspecified atom stereocenters. The van der Waals surface area contributed by atoms with E-state index in [2.05, 4.69) is 15.3 Å². The van der Waals surface area contributed by atoms with Crippen LogP contribution >= 0.6 is 0 Å². The molecule has 0 saturated heterocycles. The van der Waals surface area contributed by atoms with Crippen LogP contribution in [0.3, 0.4) is 0 Å². The second-order valence-corrected chi connectivity index (χ2v) is 5.00. The minimum absolute atomic E-state index is 0.0477. The molecule has 1 aliphatic rings. The van der Waals surface area contributed by atoms with Gasteiger partial charge in [-0.1, -0.05) is 0 Å². The lowest BCUT2D eigenvalue weighted by Crippen LogP contribution is -2.53. The van der Waals surface area contributed by atoms with E-state index >= 15 is 0 Å². The summed E-state index contributed by atoms with van der Waals surface area (Å²) >= 11 is 0. The summed E-state index contributed by atoms with van der Waals surface area (Å²) in [7, 11) is 1.55.